The molecule has 4 aliphatic carbocycles. The van der Waals surface area contributed by atoms with E-state index in [0.717, 1.165) is 11.8 Å². The van der Waals surface area contributed by atoms with E-state index in [1.165, 1.54) is 32.1 Å². The van der Waals surface area contributed by atoms with Crippen LogP contribution in [0.3, 0.4) is 0 Å². The van der Waals surface area contributed by atoms with Gasteiger partial charge in [0.2, 0.25) is 0 Å². The van der Waals surface area contributed by atoms with Gasteiger partial charge in [0.25, 0.3) is 0 Å². The third kappa shape index (κ3) is 1.55. The van der Waals surface area contributed by atoms with Gasteiger partial charge in [0.05, 0.1) is 0 Å². The van der Waals surface area contributed by atoms with Crippen molar-refractivity contribution in [3.63, 3.8) is 0 Å². The number of nitrogens with two attached hydrogens (primary N) is 1. The number of aliphatic carboxylic acids is 1. The van der Waals surface area contributed by atoms with E-state index in [2.05, 4.69) is 0 Å². The molecule has 4 aliphatic rings. The van der Waals surface area contributed by atoms with Crippen molar-refractivity contribution < 1.29 is 9.90 Å². The van der Waals surface area contributed by atoms with Gasteiger partial charge in [0.1, 0.15) is 5.54 Å². The van der Waals surface area contributed by atoms with Crippen molar-refractivity contribution in [2.24, 2.45) is 35.3 Å². The smallest absolute Gasteiger partial charge is 0.323 e. The van der Waals surface area contributed by atoms with Crippen LogP contribution < -0.4 is 5.73 Å². The molecule has 4 rings (SSSR count). The summed E-state index contributed by atoms with van der Waals surface area (Å²) in [4.78, 5) is 11.6. The van der Waals surface area contributed by atoms with Gasteiger partial charge in [0, 0.05) is 0 Å². The van der Waals surface area contributed by atoms with Crippen molar-refractivity contribution in [1.29, 1.82) is 0 Å². The predicted octanol–water partition coefficient (Wildman–Crippen LogP) is 2.25. The molecule has 0 radical (unpaired) electrons. The number of hydrogen-bond donors (Lipinski definition) is 2. The summed E-state index contributed by atoms with van der Waals surface area (Å²) in [7, 11) is 0. The summed E-state index contributed by atoms with van der Waals surface area (Å²) in [5.74, 6) is 2.39. The van der Waals surface area contributed by atoms with Crippen LogP contribution in [-0.4, -0.2) is 16.6 Å². The molecule has 0 heterocycles. The topological polar surface area (TPSA) is 63.3 Å². The van der Waals surface area contributed by atoms with E-state index in [4.69, 9.17) is 5.73 Å². The Balaban J connectivity index is 1.91. The second-order valence-electron chi connectivity index (χ2n) is 6.66. The van der Waals surface area contributed by atoms with Crippen LogP contribution in [0.1, 0.15) is 45.4 Å². The van der Waals surface area contributed by atoms with Gasteiger partial charge in [-0.15, -0.1) is 0 Å². The fraction of sp³-hybridized carbons (Fsp3) is 0.929. The average molecular weight is 237 g/mol. The van der Waals surface area contributed by atoms with E-state index in [1.54, 1.807) is 0 Å². The van der Waals surface area contributed by atoms with Crippen LogP contribution in [0.25, 0.3) is 0 Å². The van der Waals surface area contributed by atoms with Crippen LogP contribution in [0.2, 0.25) is 0 Å². The Labute approximate surface area is 103 Å². The normalized spacial score (nSPS) is 46.8. The van der Waals surface area contributed by atoms with Crippen molar-refractivity contribution in [2.75, 3.05) is 0 Å². The summed E-state index contributed by atoms with van der Waals surface area (Å²) in [6, 6.07) is 0. The van der Waals surface area contributed by atoms with Crippen LogP contribution in [0.5, 0.6) is 0 Å². The number of carboxylic acids is 1. The van der Waals surface area contributed by atoms with Crippen LogP contribution >= 0.6 is 0 Å². The van der Waals surface area contributed by atoms with E-state index in [-0.39, 0.29) is 5.92 Å². The SMILES string of the molecule is CCC(N)(C(=O)O)C1C2CC3CC(C2)CC1C3. The first kappa shape index (κ1) is 11.5. The second-order valence-corrected chi connectivity index (χ2v) is 6.66. The zero-order valence-electron chi connectivity index (χ0n) is 10.6. The molecule has 3 nitrogen and oxygen atoms in total. The summed E-state index contributed by atoms with van der Waals surface area (Å²) in [6.45, 7) is 1.93. The average Bonchev–Trinajstić information content (AvgIpc) is 2.26. The molecule has 0 aromatic rings. The van der Waals surface area contributed by atoms with Crippen molar-refractivity contribution >= 4 is 5.97 Å². The Morgan fingerprint density at radius 1 is 1.18 bits per heavy atom. The molecular formula is C14H23NO2. The lowest BCUT2D eigenvalue weighted by Gasteiger charge is -2.58. The molecule has 1 atom stereocenters. The molecule has 17 heavy (non-hydrogen) atoms. The molecule has 4 saturated carbocycles. The van der Waals surface area contributed by atoms with Gasteiger partial charge in [-0.1, -0.05) is 6.92 Å². The number of carboxylic acid groups (broad SMARTS) is 1. The molecule has 4 bridgehead atoms. The fourth-order valence-electron chi connectivity index (χ4n) is 5.30. The number of carbonyl (C=O) groups is 1. The molecule has 1 unspecified atom stereocenters. The lowest BCUT2D eigenvalue weighted by molar-refractivity contribution is -0.154. The molecule has 0 aromatic heterocycles. The maximum absolute atomic E-state index is 11.6. The van der Waals surface area contributed by atoms with Crippen molar-refractivity contribution in [2.45, 2.75) is 51.0 Å². The van der Waals surface area contributed by atoms with Crippen molar-refractivity contribution in [1.82, 2.24) is 0 Å². The van der Waals surface area contributed by atoms with Gasteiger partial charge < -0.3 is 10.8 Å². The number of hydrogen-bond acceptors (Lipinski definition) is 2. The highest BCUT2D eigenvalue weighted by molar-refractivity contribution is 5.79. The van der Waals surface area contributed by atoms with Gasteiger partial charge >= 0.3 is 5.97 Å². The summed E-state index contributed by atoms with van der Waals surface area (Å²) in [5, 5.41) is 9.49. The highest BCUT2D eigenvalue weighted by Gasteiger charge is 2.56. The van der Waals surface area contributed by atoms with Crippen LogP contribution in [0.4, 0.5) is 0 Å². The van der Waals surface area contributed by atoms with Crippen LogP contribution in [0, 0.1) is 29.6 Å². The summed E-state index contributed by atoms with van der Waals surface area (Å²) < 4.78 is 0. The van der Waals surface area contributed by atoms with Crippen molar-refractivity contribution in [3.8, 4) is 0 Å². The Bertz CT molecular complexity index is 313. The van der Waals surface area contributed by atoms with E-state index < -0.39 is 11.5 Å². The monoisotopic (exact) mass is 237 g/mol. The Morgan fingerprint density at radius 2 is 1.65 bits per heavy atom. The van der Waals surface area contributed by atoms with Gasteiger partial charge in [0.15, 0.2) is 0 Å². The quantitative estimate of drug-likeness (QED) is 0.791. The summed E-state index contributed by atoms with van der Waals surface area (Å²) >= 11 is 0. The first-order chi connectivity index (χ1) is 8.04. The first-order valence-electron chi connectivity index (χ1n) is 7.06. The lowest BCUT2D eigenvalue weighted by atomic mass is 9.48. The van der Waals surface area contributed by atoms with E-state index in [0.29, 0.717) is 18.3 Å². The van der Waals surface area contributed by atoms with E-state index in [9.17, 15) is 9.90 Å². The maximum atomic E-state index is 11.6. The minimum Gasteiger partial charge on any atom is -0.480 e. The highest BCUT2D eigenvalue weighted by atomic mass is 16.4. The van der Waals surface area contributed by atoms with Gasteiger partial charge in [-0.3, -0.25) is 4.79 Å². The summed E-state index contributed by atoms with van der Waals surface area (Å²) in [5.41, 5.74) is 5.30. The van der Waals surface area contributed by atoms with E-state index >= 15 is 0 Å². The van der Waals surface area contributed by atoms with Crippen LogP contribution in [-0.2, 0) is 4.79 Å². The fourth-order valence-corrected chi connectivity index (χ4v) is 5.30. The largest absolute Gasteiger partial charge is 0.480 e. The van der Waals surface area contributed by atoms with Gasteiger partial charge in [-0.25, -0.2) is 0 Å². The third-order valence-corrected chi connectivity index (χ3v) is 5.80. The molecule has 0 spiro atoms. The van der Waals surface area contributed by atoms with Crippen LogP contribution in [0.15, 0.2) is 0 Å². The lowest BCUT2D eigenvalue weighted by Crippen LogP contribution is -2.62. The minimum atomic E-state index is -0.970. The molecule has 0 aromatic carbocycles. The van der Waals surface area contributed by atoms with E-state index in [1.807, 2.05) is 6.92 Å². The molecular weight excluding hydrogens is 214 g/mol. The molecule has 0 saturated heterocycles. The Morgan fingerprint density at radius 3 is 2.00 bits per heavy atom. The number of rotatable bonds is 3. The third-order valence-electron chi connectivity index (χ3n) is 5.80. The zero-order valence-corrected chi connectivity index (χ0v) is 10.6. The second kappa shape index (κ2) is 3.71. The zero-order chi connectivity index (χ0) is 12.2. The molecule has 3 heteroatoms. The first-order valence-corrected chi connectivity index (χ1v) is 7.06. The molecule has 96 valence electrons. The van der Waals surface area contributed by atoms with Crippen molar-refractivity contribution in [3.05, 3.63) is 0 Å². The molecule has 0 aliphatic heterocycles. The molecule has 4 fully saturated rings. The molecule has 3 N–H and O–H groups in total. The van der Waals surface area contributed by atoms with Gasteiger partial charge in [-0.2, -0.15) is 0 Å². The van der Waals surface area contributed by atoms with Gasteiger partial charge in [-0.05, 0) is 68.1 Å². The highest BCUT2D eigenvalue weighted by Crippen LogP contribution is 2.59. The predicted molar refractivity (Wildman–Crippen MR) is 65.4 cm³/mol. The minimum absolute atomic E-state index is 0.234. The standard InChI is InChI=1S/C14H23NO2/c1-2-14(15,13(16)17)12-10-4-8-3-9(6-10)7-11(12)5-8/h8-12H,2-7,15H2,1H3,(H,16,17). The maximum Gasteiger partial charge on any atom is 0.323 e. The Hall–Kier alpha value is -0.570. The Kier molecular flexibility index (Phi) is 2.51. The molecule has 0 amide bonds. The summed E-state index contributed by atoms with van der Waals surface area (Å²) in [6.07, 6.45) is 6.92.